The first-order valence-electron chi connectivity index (χ1n) is 5.94. The summed E-state index contributed by atoms with van der Waals surface area (Å²) >= 11 is 0. The van der Waals surface area contributed by atoms with Gasteiger partial charge in [0.25, 0.3) is 5.91 Å². The Morgan fingerprint density at radius 2 is 2.17 bits per heavy atom. The first-order chi connectivity index (χ1) is 8.68. The van der Waals surface area contributed by atoms with Crippen LogP contribution >= 0.6 is 0 Å². The molecule has 2 amide bonds. The molecular formula is C12H17N3O3. The van der Waals surface area contributed by atoms with Crippen LogP contribution in [0.4, 0.5) is 0 Å². The van der Waals surface area contributed by atoms with Gasteiger partial charge in [-0.1, -0.05) is 0 Å². The van der Waals surface area contributed by atoms with E-state index < -0.39 is 0 Å². The van der Waals surface area contributed by atoms with Crippen LogP contribution in [0.5, 0.6) is 0 Å². The maximum atomic E-state index is 12.0. The fraction of sp³-hybridized carbons (Fsp3) is 0.500. The van der Waals surface area contributed by atoms with E-state index in [0.717, 1.165) is 13.1 Å². The van der Waals surface area contributed by atoms with Gasteiger partial charge in [-0.3, -0.25) is 9.59 Å². The van der Waals surface area contributed by atoms with Gasteiger partial charge in [-0.25, -0.2) is 0 Å². The lowest BCUT2D eigenvalue weighted by Gasteiger charge is -2.29. The molecule has 1 N–H and O–H groups in total. The second-order valence-corrected chi connectivity index (χ2v) is 4.30. The van der Waals surface area contributed by atoms with Crippen molar-refractivity contribution in [3.63, 3.8) is 0 Å². The lowest BCUT2D eigenvalue weighted by Crippen LogP contribution is -2.49. The molecule has 0 aromatic carbocycles. The molecule has 1 aliphatic heterocycles. The first kappa shape index (κ1) is 12.6. The van der Waals surface area contributed by atoms with Crippen LogP contribution in [-0.4, -0.2) is 61.4 Å². The van der Waals surface area contributed by atoms with E-state index in [1.54, 1.807) is 18.0 Å². The van der Waals surface area contributed by atoms with Crippen LogP contribution in [0.3, 0.4) is 0 Å². The Kier molecular flexibility index (Phi) is 3.99. The Hall–Kier alpha value is -1.82. The summed E-state index contributed by atoms with van der Waals surface area (Å²) in [4.78, 5) is 27.1. The number of nitrogens with one attached hydrogen (secondary N) is 1. The molecule has 0 atom stereocenters. The molecule has 0 aliphatic carbocycles. The van der Waals surface area contributed by atoms with Gasteiger partial charge in [0.05, 0.1) is 18.4 Å². The molecule has 2 rings (SSSR count). The van der Waals surface area contributed by atoms with E-state index in [9.17, 15) is 9.59 Å². The van der Waals surface area contributed by atoms with Gasteiger partial charge >= 0.3 is 0 Å². The average Bonchev–Trinajstić information content (AvgIpc) is 2.92. The minimum atomic E-state index is -0.202. The summed E-state index contributed by atoms with van der Waals surface area (Å²) in [5, 5.41) is 3.18. The van der Waals surface area contributed by atoms with Gasteiger partial charge < -0.3 is 19.5 Å². The number of nitrogens with zero attached hydrogens (tertiary/aromatic N) is 2. The molecular weight excluding hydrogens is 234 g/mol. The van der Waals surface area contributed by atoms with Crippen molar-refractivity contribution in [3.05, 3.63) is 24.2 Å². The number of hydrogen-bond acceptors (Lipinski definition) is 4. The van der Waals surface area contributed by atoms with Gasteiger partial charge in [0.2, 0.25) is 5.91 Å². The van der Waals surface area contributed by atoms with Gasteiger partial charge in [0.1, 0.15) is 6.26 Å². The first-order valence-corrected chi connectivity index (χ1v) is 5.94. The Bertz CT molecular complexity index is 410. The normalized spacial score (nSPS) is 15.5. The number of rotatable bonds is 3. The summed E-state index contributed by atoms with van der Waals surface area (Å²) in [5.74, 6) is -0.219. The van der Waals surface area contributed by atoms with Gasteiger partial charge in [-0.2, -0.15) is 0 Å². The number of furan rings is 1. The predicted octanol–water partition coefficient (Wildman–Crippen LogP) is -0.217. The number of likely N-dealkylation sites (N-methyl/N-ethyl adjacent to an activating group) is 1. The highest BCUT2D eigenvalue weighted by Crippen LogP contribution is 2.05. The molecule has 98 valence electrons. The third kappa shape index (κ3) is 2.89. The zero-order valence-corrected chi connectivity index (χ0v) is 10.4. The monoisotopic (exact) mass is 251 g/mol. The zero-order chi connectivity index (χ0) is 13.0. The third-order valence-electron chi connectivity index (χ3n) is 2.96. The highest BCUT2D eigenvalue weighted by molar-refractivity contribution is 5.96. The maximum absolute atomic E-state index is 12.0. The number of carbonyl (C=O) groups is 2. The highest BCUT2D eigenvalue weighted by Gasteiger charge is 2.20. The number of amides is 2. The maximum Gasteiger partial charge on any atom is 0.257 e. The van der Waals surface area contributed by atoms with E-state index >= 15 is 0 Å². The molecule has 0 saturated carbocycles. The molecule has 1 fully saturated rings. The molecule has 1 aromatic heterocycles. The van der Waals surface area contributed by atoms with E-state index in [4.69, 9.17) is 4.42 Å². The van der Waals surface area contributed by atoms with Crippen molar-refractivity contribution in [2.75, 3.05) is 39.8 Å². The van der Waals surface area contributed by atoms with Crippen LogP contribution in [0.1, 0.15) is 10.4 Å². The standard InChI is InChI=1S/C12H17N3O3/c1-14(12(17)10-2-7-18-9-10)8-11(16)15-5-3-13-4-6-15/h2,7,9,13H,3-6,8H2,1H3. The minimum Gasteiger partial charge on any atom is -0.472 e. The molecule has 6 nitrogen and oxygen atoms in total. The van der Waals surface area contributed by atoms with Crippen molar-refractivity contribution < 1.29 is 14.0 Å². The van der Waals surface area contributed by atoms with Gasteiger partial charge in [-0.15, -0.1) is 0 Å². The molecule has 1 saturated heterocycles. The van der Waals surface area contributed by atoms with Crippen LogP contribution in [0, 0.1) is 0 Å². The van der Waals surface area contributed by atoms with Crippen molar-refractivity contribution in [3.8, 4) is 0 Å². The van der Waals surface area contributed by atoms with Crippen LogP contribution in [-0.2, 0) is 4.79 Å². The van der Waals surface area contributed by atoms with E-state index in [-0.39, 0.29) is 18.4 Å². The summed E-state index contributed by atoms with van der Waals surface area (Å²) in [5.41, 5.74) is 0.464. The quantitative estimate of drug-likeness (QED) is 0.807. The van der Waals surface area contributed by atoms with Crippen molar-refractivity contribution in [2.24, 2.45) is 0 Å². The van der Waals surface area contributed by atoms with Gasteiger partial charge in [-0.05, 0) is 6.07 Å². The van der Waals surface area contributed by atoms with Gasteiger partial charge in [0.15, 0.2) is 0 Å². The number of carbonyl (C=O) groups excluding carboxylic acids is 2. The fourth-order valence-corrected chi connectivity index (χ4v) is 1.90. The Labute approximate surface area is 106 Å². The minimum absolute atomic E-state index is 0.0177. The van der Waals surface area contributed by atoms with Crippen LogP contribution in [0.25, 0.3) is 0 Å². The summed E-state index contributed by atoms with van der Waals surface area (Å²) in [6, 6.07) is 1.59. The van der Waals surface area contributed by atoms with Crippen molar-refractivity contribution in [1.29, 1.82) is 0 Å². The summed E-state index contributed by atoms with van der Waals surface area (Å²) in [6.07, 6.45) is 2.83. The Morgan fingerprint density at radius 3 is 2.78 bits per heavy atom. The SMILES string of the molecule is CN(CC(=O)N1CCNCC1)C(=O)c1ccoc1. The zero-order valence-electron chi connectivity index (χ0n) is 10.4. The van der Waals surface area contributed by atoms with E-state index in [1.165, 1.54) is 17.4 Å². The molecule has 2 heterocycles. The Morgan fingerprint density at radius 1 is 1.44 bits per heavy atom. The molecule has 0 radical (unpaired) electrons. The average molecular weight is 251 g/mol. The van der Waals surface area contributed by atoms with Crippen LogP contribution in [0.2, 0.25) is 0 Å². The van der Waals surface area contributed by atoms with E-state index in [1.807, 2.05) is 0 Å². The molecule has 0 bridgehead atoms. The van der Waals surface area contributed by atoms with Crippen LogP contribution in [0.15, 0.2) is 23.0 Å². The predicted molar refractivity (Wildman–Crippen MR) is 65.1 cm³/mol. The molecule has 6 heteroatoms. The molecule has 1 aromatic rings. The van der Waals surface area contributed by atoms with Crippen molar-refractivity contribution in [1.82, 2.24) is 15.1 Å². The second kappa shape index (κ2) is 5.68. The van der Waals surface area contributed by atoms with Crippen molar-refractivity contribution >= 4 is 11.8 Å². The number of hydrogen-bond donors (Lipinski definition) is 1. The molecule has 1 aliphatic rings. The smallest absolute Gasteiger partial charge is 0.257 e. The Balaban J connectivity index is 1.88. The topological polar surface area (TPSA) is 65.8 Å². The summed E-state index contributed by atoms with van der Waals surface area (Å²) < 4.78 is 4.86. The van der Waals surface area contributed by atoms with Crippen LogP contribution < -0.4 is 5.32 Å². The summed E-state index contributed by atoms with van der Waals surface area (Å²) in [6.45, 7) is 3.12. The molecule has 0 unspecified atom stereocenters. The summed E-state index contributed by atoms with van der Waals surface area (Å²) in [7, 11) is 1.62. The number of piperazine rings is 1. The highest BCUT2D eigenvalue weighted by atomic mass is 16.3. The molecule has 18 heavy (non-hydrogen) atoms. The fourth-order valence-electron chi connectivity index (χ4n) is 1.90. The van der Waals surface area contributed by atoms with Gasteiger partial charge in [0, 0.05) is 33.2 Å². The van der Waals surface area contributed by atoms with E-state index in [0.29, 0.717) is 18.7 Å². The lowest BCUT2D eigenvalue weighted by molar-refractivity contribution is -0.132. The molecule has 0 spiro atoms. The second-order valence-electron chi connectivity index (χ2n) is 4.30. The third-order valence-corrected chi connectivity index (χ3v) is 2.96. The lowest BCUT2D eigenvalue weighted by atomic mass is 10.3. The van der Waals surface area contributed by atoms with E-state index in [2.05, 4.69) is 5.32 Å². The van der Waals surface area contributed by atoms with Crippen molar-refractivity contribution in [2.45, 2.75) is 0 Å². The largest absolute Gasteiger partial charge is 0.472 e.